The fourth-order valence-electron chi connectivity index (χ4n) is 1.48. The molecule has 0 aliphatic carbocycles. The summed E-state index contributed by atoms with van der Waals surface area (Å²) in [7, 11) is 0. The highest BCUT2D eigenvalue weighted by molar-refractivity contribution is 5.92. The van der Waals surface area contributed by atoms with Crippen molar-refractivity contribution in [2.75, 3.05) is 13.1 Å². The van der Waals surface area contributed by atoms with E-state index in [1.807, 2.05) is 13.0 Å². The maximum absolute atomic E-state index is 11.4. The first-order chi connectivity index (χ1) is 8.63. The van der Waals surface area contributed by atoms with E-state index in [9.17, 15) is 9.59 Å². The molecule has 5 heteroatoms. The van der Waals surface area contributed by atoms with Gasteiger partial charge < -0.3 is 16.4 Å². The molecule has 0 saturated carbocycles. The molecule has 0 unspecified atom stereocenters. The molecule has 0 bridgehead atoms. The molecule has 0 aliphatic heterocycles. The number of nitrogens with two attached hydrogens (primary N) is 1. The highest BCUT2D eigenvalue weighted by atomic mass is 16.2. The first-order valence-corrected chi connectivity index (χ1v) is 5.99. The van der Waals surface area contributed by atoms with Gasteiger partial charge in [-0.05, 0) is 30.7 Å². The fourth-order valence-corrected chi connectivity index (χ4v) is 1.48. The van der Waals surface area contributed by atoms with Gasteiger partial charge in [-0.2, -0.15) is 0 Å². The highest BCUT2D eigenvalue weighted by Gasteiger charge is 2.03. The summed E-state index contributed by atoms with van der Waals surface area (Å²) in [5.41, 5.74) is 6.49. The molecule has 4 N–H and O–H groups in total. The smallest absolute Gasteiger partial charge is 0.248 e. The maximum Gasteiger partial charge on any atom is 0.248 e. The van der Waals surface area contributed by atoms with Crippen LogP contribution in [-0.2, 0) is 11.3 Å². The van der Waals surface area contributed by atoms with E-state index in [0.29, 0.717) is 18.7 Å². The third-order valence-corrected chi connectivity index (χ3v) is 2.41. The van der Waals surface area contributed by atoms with Gasteiger partial charge in [-0.15, -0.1) is 0 Å². The van der Waals surface area contributed by atoms with Crippen LogP contribution in [0.3, 0.4) is 0 Å². The number of rotatable bonds is 7. The molecule has 1 aromatic rings. The summed E-state index contributed by atoms with van der Waals surface area (Å²) in [5.74, 6) is -0.527. The van der Waals surface area contributed by atoms with E-state index in [1.165, 1.54) is 0 Å². The largest absolute Gasteiger partial charge is 0.366 e. The molecule has 0 aliphatic rings. The Balaban J connectivity index is 2.41. The third kappa shape index (κ3) is 4.97. The number of amides is 2. The van der Waals surface area contributed by atoms with Crippen molar-refractivity contribution in [3.8, 4) is 0 Å². The molecule has 5 nitrogen and oxygen atoms in total. The van der Waals surface area contributed by atoms with Gasteiger partial charge in [0.2, 0.25) is 11.8 Å². The van der Waals surface area contributed by atoms with Gasteiger partial charge in [0.25, 0.3) is 0 Å². The first-order valence-electron chi connectivity index (χ1n) is 5.99. The lowest BCUT2D eigenvalue weighted by molar-refractivity contribution is -0.120. The molecule has 0 fully saturated rings. The molecular formula is C13H19N3O2. The van der Waals surface area contributed by atoms with E-state index in [2.05, 4.69) is 10.6 Å². The number of benzene rings is 1. The SMILES string of the molecule is CCCNCC(=O)NCc1cccc(C(N)=O)c1. The number of hydrogen-bond acceptors (Lipinski definition) is 3. The Morgan fingerprint density at radius 1 is 1.33 bits per heavy atom. The lowest BCUT2D eigenvalue weighted by Crippen LogP contribution is -2.33. The van der Waals surface area contributed by atoms with Crippen LogP contribution in [-0.4, -0.2) is 24.9 Å². The van der Waals surface area contributed by atoms with Gasteiger partial charge in [-0.1, -0.05) is 19.1 Å². The molecule has 98 valence electrons. The molecule has 0 spiro atoms. The normalized spacial score (nSPS) is 10.1. The lowest BCUT2D eigenvalue weighted by atomic mass is 10.1. The molecule has 2 amide bonds. The minimum Gasteiger partial charge on any atom is -0.366 e. The average molecular weight is 249 g/mol. The van der Waals surface area contributed by atoms with Crippen LogP contribution in [0, 0.1) is 0 Å². The van der Waals surface area contributed by atoms with Crippen LogP contribution < -0.4 is 16.4 Å². The van der Waals surface area contributed by atoms with Crippen molar-refractivity contribution >= 4 is 11.8 Å². The Kier molecular flexibility index (Phi) is 5.87. The number of hydrogen-bond donors (Lipinski definition) is 3. The molecule has 1 rings (SSSR count). The second-order valence-corrected chi connectivity index (χ2v) is 4.02. The van der Waals surface area contributed by atoms with E-state index >= 15 is 0 Å². The molecule has 0 aromatic heterocycles. The summed E-state index contributed by atoms with van der Waals surface area (Å²) in [6.45, 7) is 3.57. The van der Waals surface area contributed by atoms with Gasteiger partial charge >= 0.3 is 0 Å². The first kappa shape index (κ1) is 14.2. The summed E-state index contributed by atoms with van der Waals surface area (Å²) >= 11 is 0. The topological polar surface area (TPSA) is 84.2 Å². The van der Waals surface area contributed by atoms with Crippen LogP contribution in [0.2, 0.25) is 0 Å². The summed E-state index contributed by atoms with van der Waals surface area (Å²) < 4.78 is 0. The van der Waals surface area contributed by atoms with Crippen molar-refractivity contribution in [1.29, 1.82) is 0 Å². The predicted molar refractivity (Wildman–Crippen MR) is 70.0 cm³/mol. The third-order valence-electron chi connectivity index (χ3n) is 2.41. The summed E-state index contributed by atoms with van der Waals surface area (Å²) in [5, 5.41) is 5.78. The van der Waals surface area contributed by atoms with Crippen molar-refractivity contribution in [2.45, 2.75) is 19.9 Å². The Morgan fingerprint density at radius 2 is 2.11 bits per heavy atom. The number of nitrogens with one attached hydrogen (secondary N) is 2. The Hall–Kier alpha value is -1.88. The minimum atomic E-state index is -0.465. The summed E-state index contributed by atoms with van der Waals surface area (Å²) in [6, 6.07) is 6.92. The number of carbonyl (C=O) groups excluding carboxylic acids is 2. The predicted octanol–water partition coefficient (Wildman–Crippen LogP) is 0.401. The van der Waals surface area contributed by atoms with E-state index in [-0.39, 0.29) is 5.91 Å². The van der Waals surface area contributed by atoms with Gasteiger partial charge in [0, 0.05) is 12.1 Å². The standard InChI is InChI=1S/C13H19N3O2/c1-2-6-15-9-12(17)16-8-10-4-3-5-11(7-10)13(14)18/h3-5,7,15H,2,6,8-9H2,1H3,(H2,14,18)(H,16,17). The monoisotopic (exact) mass is 249 g/mol. The van der Waals surface area contributed by atoms with Crippen LogP contribution in [0.1, 0.15) is 29.3 Å². The van der Waals surface area contributed by atoms with Crippen LogP contribution >= 0.6 is 0 Å². The minimum absolute atomic E-state index is 0.0621. The second kappa shape index (κ2) is 7.45. The van der Waals surface area contributed by atoms with E-state index in [1.54, 1.807) is 18.2 Å². The van der Waals surface area contributed by atoms with Crippen molar-refractivity contribution in [1.82, 2.24) is 10.6 Å². The van der Waals surface area contributed by atoms with Crippen molar-refractivity contribution in [3.63, 3.8) is 0 Å². The molecule has 0 radical (unpaired) electrons. The van der Waals surface area contributed by atoms with Crippen LogP contribution in [0.15, 0.2) is 24.3 Å². The Bertz CT molecular complexity index is 418. The molecule has 18 heavy (non-hydrogen) atoms. The van der Waals surface area contributed by atoms with E-state index in [4.69, 9.17) is 5.73 Å². The second-order valence-electron chi connectivity index (χ2n) is 4.02. The maximum atomic E-state index is 11.4. The zero-order valence-corrected chi connectivity index (χ0v) is 10.5. The van der Waals surface area contributed by atoms with Gasteiger partial charge in [0.1, 0.15) is 0 Å². The van der Waals surface area contributed by atoms with Gasteiger partial charge in [-0.25, -0.2) is 0 Å². The van der Waals surface area contributed by atoms with Crippen LogP contribution in [0.5, 0.6) is 0 Å². The molecule has 0 atom stereocenters. The number of carbonyl (C=O) groups is 2. The molecule has 1 aromatic carbocycles. The average Bonchev–Trinajstić information content (AvgIpc) is 2.37. The Labute approximate surface area is 107 Å². The molecule has 0 saturated heterocycles. The van der Waals surface area contributed by atoms with Gasteiger partial charge in [-0.3, -0.25) is 9.59 Å². The highest BCUT2D eigenvalue weighted by Crippen LogP contribution is 2.04. The molecule has 0 heterocycles. The lowest BCUT2D eigenvalue weighted by Gasteiger charge is -2.07. The van der Waals surface area contributed by atoms with Gasteiger partial charge in [0.05, 0.1) is 6.54 Å². The quantitative estimate of drug-likeness (QED) is 0.612. The summed E-state index contributed by atoms with van der Waals surface area (Å²) in [6.07, 6.45) is 0.994. The van der Waals surface area contributed by atoms with Crippen molar-refractivity contribution in [3.05, 3.63) is 35.4 Å². The van der Waals surface area contributed by atoms with E-state index in [0.717, 1.165) is 18.5 Å². The van der Waals surface area contributed by atoms with E-state index < -0.39 is 5.91 Å². The molecular weight excluding hydrogens is 230 g/mol. The van der Waals surface area contributed by atoms with Gasteiger partial charge in [0.15, 0.2) is 0 Å². The summed E-state index contributed by atoms with van der Waals surface area (Å²) in [4.78, 5) is 22.4. The fraction of sp³-hybridized carbons (Fsp3) is 0.385. The zero-order chi connectivity index (χ0) is 13.4. The van der Waals surface area contributed by atoms with Crippen LogP contribution in [0.4, 0.5) is 0 Å². The van der Waals surface area contributed by atoms with Crippen molar-refractivity contribution < 1.29 is 9.59 Å². The van der Waals surface area contributed by atoms with Crippen LogP contribution in [0.25, 0.3) is 0 Å². The zero-order valence-electron chi connectivity index (χ0n) is 10.5. The Morgan fingerprint density at radius 3 is 2.78 bits per heavy atom. The number of primary amides is 1. The van der Waals surface area contributed by atoms with Crippen molar-refractivity contribution in [2.24, 2.45) is 5.73 Å².